The number of rotatable bonds is 16. The van der Waals surface area contributed by atoms with Crippen molar-refractivity contribution >= 4 is 53.1 Å². The summed E-state index contributed by atoms with van der Waals surface area (Å²) in [5.41, 5.74) is 11.0. The maximum atomic E-state index is 12.8. The van der Waals surface area contributed by atoms with Gasteiger partial charge in [0.2, 0.25) is 23.6 Å². The molecule has 0 bridgehead atoms. The van der Waals surface area contributed by atoms with Crippen LogP contribution in [0, 0.1) is 0 Å². The molecule has 178 valence electrons. The van der Waals surface area contributed by atoms with Crippen LogP contribution in [0.2, 0.25) is 0 Å². The molecule has 31 heavy (non-hydrogen) atoms. The van der Waals surface area contributed by atoms with E-state index in [0.717, 1.165) is 0 Å². The molecular weight excluding hydrogens is 446 g/mol. The molecule has 0 aliphatic rings. The Labute approximate surface area is 190 Å². The van der Waals surface area contributed by atoms with Crippen molar-refractivity contribution in [1.29, 1.82) is 0 Å². The summed E-state index contributed by atoms with van der Waals surface area (Å²) in [6, 6.07) is -4.11. The van der Waals surface area contributed by atoms with E-state index in [1.165, 1.54) is 18.7 Å². The van der Waals surface area contributed by atoms with E-state index in [-0.39, 0.29) is 12.8 Å². The molecule has 4 amide bonds. The van der Waals surface area contributed by atoms with Gasteiger partial charge in [0.15, 0.2) is 0 Å². The van der Waals surface area contributed by atoms with Gasteiger partial charge >= 0.3 is 5.97 Å². The Bertz CT molecular complexity index is 637. The monoisotopic (exact) mass is 479 g/mol. The lowest BCUT2D eigenvalue weighted by Gasteiger charge is -2.24. The molecule has 0 fully saturated rings. The fourth-order valence-electron chi connectivity index (χ4n) is 2.36. The van der Waals surface area contributed by atoms with Crippen molar-refractivity contribution in [2.45, 2.75) is 56.8 Å². The van der Waals surface area contributed by atoms with Gasteiger partial charge < -0.3 is 32.5 Å². The van der Waals surface area contributed by atoms with Gasteiger partial charge in [-0.1, -0.05) is 0 Å². The first kappa shape index (κ1) is 29.0. The topological polar surface area (TPSA) is 194 Å². The summed E-state index contributed by atoms with van der Waals surface area (Å²) < 4.78 is 0. The SMILES string of the molecule is CSCCC(N)C(=O)NC(CCSC)C(=O)NC(CCC(N)=O)C(=O)NC(C)C(=O)O. The average Bonchev–Trinajstić information content (AvgIpc) is 2.71. The number of thioether (sulfide) groups is 2. The Morgan fingerprint density at radius 1 is 0.839 bits per heavy atom. The highest BCUT2D eigenvalue weighted by atomic mass is 32.2. The maximum absolute atomic E-state index is 12.8. The summed E-state index contributed by atoms with van der Waals surface area (Å²) in [5.74, 6) is -2.56. The third kappa shape index (κ3) is 12.5. The second kappa shape index (κ2) is 15.8. The van der Waals surface area contributed by atoms with Crippen LogP contribution in [0.4, 0.5) is 0 Å². The third-order valence-electron chi connectivity index (χ3n) is 4.25. The van der Waals surface area contributed by atoms with Crippen molar-refractivity contribution in [3.8, 4) is 0 Å². The van der Waals surface area contributed by atoms with Crippen molar-refractivity contribution in [3.05, 3.63) is 0 Å². The summed E-state index contributed by atoms with van der Waals surface area (Å²) in [4.78, 5) is 59.7. The smallest absolute Gasteiger partial charge is 0.325 e. The molecule has 8 N–H and O–H groups in total. The first-order valence-corrected chi connectivity index (χ1v) is 12.5. The van der Waals surface area contributed by atoms with Gasteiger partial charge in [0.05, 0.1) is 6.04 Å². The summed E-state index contributed by atoms with van der Waals surface area (Å²) in [6.45, 7) is 1.27. The van der Waals surface area contributed by atoms with E-state index >= 15 is 0 Å². The van der Waals surface area contributed by atoms with Crippen molar-refractivity contribution in [1.82, 2.24) is 16.0 Å². The van der Waals surface area contributed by atoms with Crippen molar-refractivity contribution in [2.75, 3.05) is 24.0 Å². The molecule has 0 rings (SSSR count). The molecule has 0 aliphatic heterocycles. The quantitative estimate of drug-likeness (QED) is 0.155. The second-order valence-corrected chi connectivity index (χ2v) is 8.84. The zero-order valence-corrected chi connectivity index (χ0v) is 19.6. The van der Waals surface area contributed by atoms with Crippen LogP contribution in [0.25, 0.3) is 0 Å². The fourth-order valence-corrected chi connectivity index (χ4v) is 3.32. The number of nitrogens with one attached hydrogen (secondary N) is 3. The number of amides is 4. The number of hydrogen-bond acceptors (Lipinski definition) is 8. The fraction of sp³-hybridized carbons (Fsp3) is 0.722. The molecule has 0 spiro atoms. The Hall–Kier alpha value is -1.99. The molecule has 0 saturated heterocycles. The van der Waals surface area contributed by atoms with E-state index in [4.69, 9.17) is 16.6 Å². The summed E-state index contributed by atoms with van der Waals surface area (Å²) >= 11 is 3.02. The highest BCUT2D eigenvalue weighted by Crippen LogP contribution is 2.06. The van der Waals surface area contributed by atoms with Crippen LogP contribution in [0.15, 0.2) is 0 Å². The summed E-state index contributed by atoms with van der Waals surface area (Å²) in [6.07, 6.45) is 4.17. The van der Waals surface area contributed by atoms with Crippen LogP contribution >= 0.6 is 23.5 Å². The number of carboxylic acids is 1. The van der Waals surface area contributed by atoms with Gasteiger partial charge in [-0.05, 0) is 50.2 Å². The number of primary amides is 1. The maximum Gasteiger partial charge on any atom is 0.325 e. The van der Waals surface area contributed by atoms with Gasteiger partial charge in [-0.25, -0.2) is 0 Å². The molecule has 4 atom stereocenters. The van der Waals surface area contributed by atoms with Crippen LogP contribution in [0.5, 0.6) is 0 Å². The molecule has 0 aromatic carbocycles. The van der Waals surface area contributed by atoms with E-state index in [0.29, 0.717) is 24.3 Å². The Morgan fingerprint density at radius 3 is 1.84 bits per heavy atom. The number of nitrogens with two attached hydrogens (primary N) is 2. The number of hydrogen-bond donors (Lipinski definition) is 6. The third-order valence-corrected chi connectivity index (χ3v) is 5.54. The molecule has 11 nitrogen and oxygen atoms in total. The molecule has 0 radical (unpaired) electrons. The molecular formula is C18H33N5O6S2. The van der Waals surface area contributed by atoms with Crippen LogP contribution in [-0.4, -0.2) is 82.9 Å². The van der Waals surface area contributed by atoms with Gasteiger partial charge in [0.25, 0.3) is 0 Å². The second-order valence-electron chi connectivity index (χ2n) is 6.87. The normalized spacial score (nSPS) is 14.6. The summed E-state index contributed by atoms with van der Waals surface area (Å²) in [7, 11) is 0. The standard InChI is InChI=1S/C18H33N5O6S2/c1-10(18(28)29)21-16(26)12(4-5-14(20)24)23-17(27)13(7-9-31-3)22-15(25)11(19)6-8-30-2/h10-13H,4-9,19H2,1-3H3,(H2,20,24)(H,21,26)(H,22,25)(H,23,27)(H,28,29). The van der Waals surface area contributed by atoms with Gasteiger partial charge in [0, 0.05) is 6.42 Å². The average molecular weight is 480 g/mol. The summed E-state index contributed by atoms with van der Waals surface area (Å²) in [5, 5.41) is 16.3. The van der Waals surface area contributed by atoms with Gasteiger partial charge in [-0.15, -0.1) is 0 Å². The molecule has 4 unspecified atom stereocenters. The van der Waals surface area contributed by atoms with E-state index < -0.39 is 53.8 Å². The van der Waals surface area contributed by atoms with Crippen molar-refractivity contribution < 1.29 is 29.1 Å². The number of carbonyl (C=O) groups excluding carboxylic acids is 4. The van der Waals surface area contributed by atoms with Gasteiger partial charge in [-0.3, -0.25) is 24.0 Å². The van der Waals surface area contributed by atoms with Crippen LogP contribution in [-0.2, 0) is 24.0 Å². The van der Waals surface area contributed by atoms with Crippen LogP contribution < -0.4 is 27.4 Å². The van der Waals surface area contributed by atoms with E-state index in [9.17, 15) is 24.0 Å². The number of aliphatic carboxylic acids is 1. The van der Waals surface area contributed by atoms with Crippen molar-refractivity contribution in [3.63, 3.8) is 0 Å². The van der Waals surface area contributed by atoms with Gasteiger partial charge in [0.1, 0.15) is 18.1 Å². The minimum Gasteiger partial charge on any atom is -0.480 e. The van der Waals surface area contributed by atoms with Crippen molar-refractivity contribution in [2.24, 2.45) is 11.5 Å². The van der Waals surface area contributed by atoms with Gasteiger partial charge in [-0.2, -0.15) is 23.5 Å². The number of carbonyl (C=O) groups is 5. The molecule has 0 aliphatic carbocycles. The van der Waals surface area contributed by atoms with Crippen LogP contribution in [0.1, 0.15) is 32.6 Å². The highest BCUT2D eigenvalue weighted by molar-refractivity contribution is 7.98. The highest BCUT2D eigenvalue weighted by Gasteiger charge is 2.29. The molecule has 0 aromatic heterocycles. The zero-order valence-electron chi connectivity index (χ0n) is 18.0. The largest absolute Gasteiger partial charge is 0.480 e. The zero-order chi connectivity index (χ0) is 24.0. The first-order chi connectivity index (χ1) is 14.5. The lowest BCUT2D eigenvalue weighted by Crippen LogP contribution is -2.57. The Balaban J connectivity index is 5.30. The minimum atomic E-state index is -1.25. The number of carboxylic acid groups (broad SMARTS) is 1. The molecule has 0 heterocycles. The molecule has 0 saturated carbocycles. The Morgan fingerprint density at radius 2 is 1.32 bits per heavy atom. The molecule has 13 heteroatoms. The Kier molecular flexibility index (Phi) is 14.7. The van der Waals surface area contributed by atoms with E-state index in [2.05, 4.69) is 16.0 Å². The van der Waals surface area contributed by atoms with E-state index in [1.807, 2.05) is 12.5 Å². The predicted molar refractivity (Wildman–Crippen MR) is 122 cm³/mol. The molecule has 0 aromatic rings. The van der Waals surface area contributed by atoms with Crippen LogP contribution in [0.3, 0.4) is 0 Å². The predicted octanol–water partition coefficient (Wildman–Crippen LogP) is -1.36. The lowest BCUT2D eigenvalue weighted by atomic mass is 10.1. The first-order valence-electron chi connectivity index (χ1n) is 9.69. The lowest BCUT2D eigenvalue weighted by molar-refractivity contribution is -0.142. The van der Waals surface area contributed by atoms with E-state index in [1.54, 1.807) is 11.8 Å². The minimum absolute atomic E-state index is 0.115.